The molecule has 1 aromatic carbocycles. The van der Waals surface area contributed by atoms with Gasteiger partial charge in [0, 0.05) is 0 Å². The Morgan fingerprint density at radius 2 is 1.37 bits per heavy atom. The molecule has 5 heteroatoms. The van der Waals surface area contributed by atoms with Crippen molar-refractivity contribution in [1.29, 1.82) is 0 Å². The number of unbranched alkanes of at least 4 members (excludes halogenated alkanes) is 3. The number of ketones is 1. The monoisotopic (exact) mass is 388 g/mol. The molecule has 2 rings (SSSR count). The number of anilines is 1. The molecule has 1 heterocycles. The molecule has 0 radical (unpaired) electrons. The zero-order chi connectivity index (χ0) is 19.7. The zero-order valence-corrected chi connectivity index (χ0v) is 17.9. The van der Waals surface area contributed by atoms with Crippen LogP contribution in [0.25, 0.3) is 0 Å². The van der Waals surface area contributed by atoms with Gasteiger partial charge < -0.3 is 0 Å². The minimum Gasteiger partial charge on any atom is -0.287 e. The summed E-state index contributed by atoms with van der Waals surface area (Å²) < 4.78 is 0. The molecule has 0 N–H and O–H groups in total. The second-order valence-corrected chi connectivity index (χ2v) is 11.4. The molecule has 0 unspecified atom stereocenters. The summed E-state index contributed by atoms with van der Waals surface area (Å²) in [7, 11) is 0. The van der Waals surface area contributed by atoms with E-state index >= 15 is 0 Å². The number of nitrogens with zero attached hydrogens (tertiary/aromatic N) is 2. The van der Waals surface area contributed by atoms with Crippen molar-refractivity contribution in [3.63, 3.8) is 0 Å². The summed E-state index contributed by atoms with van der Waals surface area (Å²) in [6.07, 6.45) is 10.9. The van der Waals surface area contributed by atoms with Gasteiger partial charge in [0.2, 0.25) is 5.78 Å². The van der Waals surface area contributed by atoms with Crippen LogP contribution in [0.1, 0.15) is 59.3 Å². The predicted molar refractivity (Wildman–Crippen MR) is 119 cm³/mol. The number of rotatable bonds is 10. The smallest absolute Gasteiger partial charge is 0.282 e. The first kappa shape index (κ1) is 21.6. The van der Waals surface area contributed by atoms with Gasteiger partial charge in [-0.15, -0.1) is 0 Å². The number of hydrogen-bond acceptors (Lipinski definition) is 3. The molecule has 0 aliphatic carbocycles. The summed E-state index contributed by atoms with van der Waals surface area (Å²) in [5, 5.41) is 6.16. The van der Waals surface area contributed by atoms with E-state index in [0.717, 1.165) is 62.7 Å². The molecule has 0 atom stereocenters. The lowest BCUT2D eigenvalue weighted by atomic mass is 10.2. The van der Waals surface area contributed by atoms with Crippen LogP contribution in [-0.4, -0.2) is 41.7 Å². The minimum absolute atomic E-state index is 0.149. The predicted octanol–water partition coefficient (Wildman–Crippen LogP) is 5.18. The van der Waals surface area contributed by atoms with Crippen LogP contribution in [0, 0.1) is 0 Å². The lowest BCUT2D eigenvalue weighted by Crippen LogP contribution is -2.43. The third kappa shape index (κ3) is 5.19. The van der Waals surface area contributed by atoms with Gasteiger partial charge in [0.25, 0.3) is 5.91 Å². The highest BCUT2D eigenvalue weighted by Gasteiger charge is 2.36. The van der Waals surface area contributed by atoms with Crippen LogP contribution in [0.4, 0.5) is 5.69 Å². The highest BCUT2D eigenvalue weighted by molar-refractivity contribution is 7.80. The number of amides is 1. The summed E-state index contributed by atoms with van der Waals surface area (Å²) in [6, 6.07) is 9.43. The summed E-state index contributed by atoms with van der Waals surface area (Å²) in [5.41, 5.74) is 0.725. The van der Waals surface area contributed by atoms with Crippen molar-refractivity contribution < 1.29 is 9.59 Å². The first-order valence-electron chi connectivity index (χ1n) is 10.3. The Labute approximate surface area is 164 Å². The molecule has 0 bridgehead atoms. The van der Waals surface area contributed by atoms with E-state index in [2.05, 4.69) is 25.9 Å². The summed E-state index contributed by atoms with van der Waals surface area (Å²) in [4.78, 5) is 26.4. The third-order valence-corrected chi connectivity index (χ3v) is 10.1. The SMILES string of the molecule is CCCCP(CCCC)(CCCC)=C1C(=O)C=NN(c2ccccc2)C1=O. The number of carbonyl (C=O) groups is 2. The summed E-state index contributed by atoms with van der Waals surface area (Å²) in [5.74, 6) is -0.339. The van der Waals surface area contributed by atoms with E-state index < -0.39 is 6.89 Å². The van der Waals surface area contributed by atoms with E-state index in [1.165, 1.54) is 11.2 Å². The van der Waals surface area contributed by atoms with Gasteiger partial charge in [-0.1, -0.05) is 65.1 Å². The van der Waals surface area contributed by atoms with E-state index in [1.54, 1.807) is 0 Å². The Morgan fingerprint density at radius 1 is 0.852 bits per heavy atom. The molecular weight excluding hydrogens is 355 g/mol. The number of hydrazone groups is 1. The van der Waals surface area contributed by atoms with Crippen molar-refractivity contribution >= 4 is 35.8 Å². The Hall–Kier alpha value is -1.67. The quantitative estimate of drug-likeness (QED) is 0.519. The fourth-order valence-electron chi connectivity index (χ4n) is 3.67. The minimum atomic E-state index is -1.81. The van der Waals surface area contributed by atoms with Crippen molar-refractivity contribution in [3.05, 3.63) is 30.3 Å². The van der Waals surface area contributed by atoms with Crippen LogP contribution in [0.5, 0.6) is 0 Å². The van der Waals surface area contributed by atoms with Gasteiger partial charge in [0.1, 0.15) is 0 Å². The first-order valence-corrected chi connectivity index (χ1v) is 12.7. The number of Topliss-reactive ketones (excluding diaryl/α,β-unsaturated/α-hetero) is 1. The van der Waals surface area contributed by atoms with Crippen LogP contribution < -0.4 is 5.01 Å². The standard InChI is InChI=1S/C22H33N2O2P/c1-4-7-15-27(16-8-5-2,17-9-6-3)21-20(25)18-23-24(22(21)26)19-13-11-10-12-14-19/h10-14,18H,4-9,15-17H2,1-3H3. The fraction of sp³-hybridized carbons (Fsp3) is 0.545. The molecule has 27 heavy (non-hydrogen) atoms. The van der Waals surface area contributed by atoms with Crippen molar-refractivity contribution in [2.75, 3.05) is 23.5 Å². The van der Waals surface area contributed by atoms with E-state index in [9.17, 15) is 9.59 Å². The second kappa shape index (κ2) is 10.6. The van der Waals surface area contributed by atoms with E-state index in [0.29, 0.717) is 5.29 Å². The fourth-order valence-corrected chi connectivity index (χ4v) is 8.80. The van der Waals surface area contributed by atoms with Gasteiger partial charge in [-0.25, -0.2) is 0 Å². The molecule has 1 aliphatic heterocycles. The molecule has 1 amide bonds. The second-order valence-electron chi connectivity index (χ2n) is 7.29. The Morgan fingerprint density at radius 3 is 1.85 bits per heavy atom. The summed E-state index contributed by atoms with van der Waals surface area (Å²) >= 11 is 0. The molecule has 148 valence electrons. The van der Waals surface area contributed by atoms with Gasteiger partial charge in [0.15, 0.2) is 0 Å². The zero-order valence-electron chi connectivity index (χ0n) is 17.0. The average molecular weight is 388 g/mol. The van der Waals surface area contributed by atoms with Crippen LogP contribution in [0.3, 0.4) is 0 Å². The Balaban J connectivity index is 2.59. The highest BCUT2D eigenvalue weighted by Crippen LogP contribution is 2.52. The molecule has 0 saturated heterocycles. The third-order valence-electron chi connectivity index (χ3n) is 5.21. The van der Waals surface area contributed by atoms with E-state index in [1.807, 2.05) is 30.3 Å². The normalized spacial score (nSPS) is 14.9. The maximum absolute atomic E-state index is 13.5. The highest BCUT2D eigenvalue weighted by atomic mass is 31.2. The van der Waals surface area contributed by atoms with Gasteiger partial charge >= 0.3 is 0 Å². The van der Waals surface area contributed by atoms with E-state index in [4.69, 9.17) is 0 Å². The molecule has 0 saturated carbocycles. The number of carbonyl (C=O) groups excluding carboxylic acids is 2. The first-order chi connectivity index (χ1) is 13.1. The van der Waals surface area contributed by atoms with Crippen LogP contribution in [-0.2, 0) is 9.59 Å². The topological polar surface area (TPSA) is 49.7 Å². The number of hydrogen-bond donors (Lipinski definition) is 0. The number of benzene rings is 1. The molecule has 0 spiro atoms. The summed E-state index contributed by atoms with van der Waals surface area (Å²) in [6.45, 7) is 4.74. The molecule has 1 aliphatic rings. The van der Waals surface area contributed by atoms with Crippen molar-refractivity contribution in [2.24, 2.45) is 5.10 Å². The average Bonchev–Trinajstić information content (AvgIpc) is 2.69. The van der Waals surface area contributed by atoms with Gasteiger partial charge in [-0.3, -0.25) is 9.59 Å². The van der Waals surface area contributed by atoms with E-state index in [-0.39, 0.29) is 11.7 Å². The number of para-hydroxylation sites is 1. The molecule has 4 nitrogen and oxygen atoms in total. The van der Waals surface area contributed by atoms with Crippen molar-refractivity contribution in [3.8, 4) is 0 Å². The van der Waals surface area contributed by atoms with Crippen LogP contribution in [0.2, 0.25) is 0 Å². The molecule has 0 fully saturated rings. The maximum Gasteiger partial charge on any atom is 0.282 e. The Kier molecular flexibility index (Phi) is 8.50. The molecule has 0 aromatic heterocycles. The van der Waals surface area contributed by atoms with Crippen molar-refractivity contribution in [2.45, 2.75) is 59.3 Å². The maximum atomic E-state index is 13.5. The van der Waals surface area contributed by atoms with Crippen LogP contribution >= 0.6 is 6.89 Å². The van der Waals surface area contributed by atoms with Crippen molar-refractivity contribution in [1.82, 2.24) is 0 Å². The van der Waals surface area contributed by atoms with Crippen LogP contribution in [0.15, 0.2) is 35.4 Å². The van der Waals surface area contributed by atoms with Gasteiger partial charge in [-0.05, 0) is 49.9 Å². The molecular formula is C22H33N2O2P. The molecule has 1 aromatic rings. The van der Waals surface area contributed by atoms with Gasteiger partial charge in [0.05, 0.1) is 17.2 Å². The Bertz CT molecular complexity index is 697. The lowest BCUT2D eigenvalue weighted by Gasteiger charge is -2.32. The lowest BCUT2D eigenvalue weighted by molar-refractivity contribution is -0.114. The largest absolute Gasteiger partial charge is 0.287 e. The van der Waals surface area contributed by atoms with Gasteiger partial charge in [-0.2, -0.15) is 10.1 Å².